The second kappa shape index (κ2) is 11.9. The van der Waals surface area contributed by atoms with Gasteiger partial charge in [0.2, 0.25) is 11.8 Å². The Morgan fingerprint density at radius 1 is 1.00 bits per heavy atom. The van der Waals surface area contributed by atoms with Gasteiger partial charge < -0.3 is 19.7 Å². The lowest BCUT2D eigenvalue weighted by atomic mass is 10.0. The van der Waals surface area contributed by atoms with E-state index in [1.54, 1.807) is 42.6 Å². The second-order valence-corrected chi connectivity index (χ2v) is 9.80. The summed E-state index contributed by atoms with van der Waals surface area (Å²) in [5.41, 5.74) is 1.65. The molecule has 0 saturated heterocycles. The molecule has 7 heteroatoms. The number of amides is 2. The summed E-state index contributed by atoms with van der Waals surface area (Å²) in [6, 6.07) is 18.4. The molecule has 1 aliphatic rings. The van der Waals surface area contributed by atoms with Gasteiger partial charge in [0.15, 0.2) is 11.5 Å². The highest BCUT2D eigenvalue weighted by molar-refractivity contribution is 7.10. The van der Waals surface area contributed by atoms with Crippen LogP contribution in [0.3, 0.4) is 0 Å². The fourth-order valence-corrected chi connectivity index (χ4v) is 5.31. The Hall–Kier alpha value is -3.32. The van der Waals surface area contributed by atoms with E-state index in [2.05, 4.69) is 5.32 Å². The Bertz CT molecular complexity index is 1110. The normalized spacial score (nSPS) is 14.3. The first kappa shape index (κ1) is 24.8. The van der Waals surface area contributed by atoms with Crippen LogP contribution in [-0.4, -0.2) is 37.0 Å². The lowest BCUT2D eigenvalue weighted by Crippen LogP contribution is -2.46. The first-order valence-electron chi connectivity index (χ1n) is 12.0. The Balaban J connectivity index is 1.74. The van der Waals surface area contributed by atoms with E-state index < -0.39 is 6.04 Å². The van der Waals surface area contributed by atoms with E-state index in [1.807, 2.05) is 53.9 Å². The monoisotopic (exact) mass is 492 g/mol. The van der Waals surface area contributed by atoms with E-state index in [4.69, 9.17) is 9.47 Å². The van der Waals surface area contributed by atoms with Gasteiger partial charge in [0.05, 0.1) is 20.6 Å². The van der Waals surface area contributed by atoms with Crippen molar-refractivity contribution in [1.29, 1.82) is 0 Å². The summed E-state index contributed by atoms with van der Waals surface area (Å²) < 4.78 is 10.9. The molecular weight excluding hydrogens is 460 g/mol. The van der Waals surface area contributed by atoms with Gasteiger partial charge in [0.25, 0.3) is 0 Å². The zero-order chi connectivity index (χ0) is 24.6. The molecule has 184 valence electrons. The quantitative estimate of drug-likeness (QED) is 0.426. The molecular formula is C28H32N2O4S. The minimum atomic E-state index is -0.803. The van der Waals surface area contributed by atoms with E-state index >= 15 is 0 Å². The molecule has 2 amide bonds. The van der Waals surface area contributed by atoms with Gasteiger partial charge in [-0.2, -0.15) is 0 Å². The number of carbonyl (C=O) groups is 2. The number of nitrogens with zero attached hydrogens (tertiary/aromatic N) is 1. The highest BCUT2D eigenvalue weighted by Crippen LogP contribution is 2.34. The van der Waals surface area contributed by atoms with Gasteiger partial charge in [-0.3, -0.25) is 9.59 Å². The predicted molar refractivity (Wildman–Crippen MR) is 138 cm³/mol. The number of benzene rings is 2. The van der Waals surface area contributed by atoms with Crippen LogP contribution in [0, 0.1) is 0 Å². The van der Waals surface area contributed by atoms with Gasteiger partial charge in [-0.15, -0.1) is 11.3 Å². The fourth-order valence-electron chi connectivity index (χ4n) is 4.61. The molecule has 0 spiro atoms. The SMILES string of the molecule is COc1ccc([C@H](C(=O)NC2CCCC2)N(Cc2ccccc2)C(=O)Cc2cccs2)cc1OC. The smallest absolute Gasteiger partial charge is 0.247 e. The van der Waals surface area contributed by atoms with Crippen LogP contribution < -0.4 is 14.8 Å². The number of methoxy groups -OCH3 is 2. The van der Waals surface area contributed by atoms with Crippen LogP contribution in [0.25, 0.3) is 0 Å². The van der Waals surface area contributed by atoms with Crippen molar-refractivity contribution in [3.8, 4) is 11.5 Å². The zero-order valence-corrected chi connectivity index (χ0v) is 21.1. The third-order valence-corrected chi connectivity index (χ3v) is 7.28. The largest absolute Gasteiger partial charge is 0.493 e. The maximum absolute atomic E-state index is 13.8. The molecule has 1 atom stereocenters. The number of thiophene rings is 1. The van der Waals surface area contributed by atoms with E-state index in [0.717, 1.165) is 36.1 Å². The summed E-state index contributed by atoms with van der Waals surface area (Å²) in [7, 11) is 3.15. The minimum Gasteiger partial charge on any atom is -0.493 e. The van der Waals surface area contributed by atoms with E-state index in [0.29, 0.717) is 23.6 Å². The Morgan fingerprint density at radius 2 is 1.74 bits per heavy atom. The maximum Gasteiger partial charge on any atom is 0.247 e. The molecule has 0 radical (unpaired) electrons. The minimum absolute atomic E-state index is 0.0994. The van der Waals surface area contributed by atoms with Crippen LogP contribution in [0.1, 0.15) is 47.7 Å². The Morgan fingerprint density at radius 3 is 2.40 bits per heavy atom. The van der Waals surface area contributed by atoms with Crippen molar-refractivity contribution in [2.45, 2.75) is 50.7 Å². The predicted octanol–water partition coefficient (Wildman–Crippen LogP) is 5.14. The maximum atomic E-state index is 13.8. The average Bonchev–Trinajstić information content (AvgIpc) is 3.58. The van der Waals surface area contributed by atoms with E-state index in [1.165, 1.54) is 0 Å². The molecule has 1 fully saturated rings. The van der Waals surface area contributed by atoms with Crippen LogP contribution in [0.2, 0.25) is 0 Å². The molecule has 1 aromatic heterocycles. The first-order chi connectivity index (χ1) is 17.1. The molecule has 0 bridgehead atoms. The highest BCUT2D eigenvalue weighted by Gasteiger charge is 2.34. The molecule has 1 aliphatic carbocycles. The number of nitrogens with one attached hydrogen (secondary N) is 1. The number of hydrogen-bond donors (Lipinski definition) is 1. The average molecular weight is 493 g/mol. The highest BCUT2D eigenvalue weighted by atomic mass is 32.1. The summed E-state index contributed by atoms with van der Waals surface area (Å²) in [6.45, 7) is 0.322. The molecule has 1 saturated carbocycles. The van der Waals surface area contributed by atoms with Crippen molar-refractivity contribution in [2.24, 2.45) is 0 Å². The summed E-state index contributed by atoms with van der Waals surface area (Å²) in [5, 5.41) is 5.18. The third kappa shape index (κ3) is 6.22. The molecule has 2 aromatic carbocycles. The van der Waals surface area contributed by atoms with Crippen LogP contribution in [0.15, 0.2) is 66.0 Å². The first-order valence-corrected chi connectivity index (χ1v) is 12.8. The lowest BCUT2D eigenvalue weighted by molar-refractivity contribution is -0.141. The molecule has 1 N–H and O–H groups in total. The van der Waals surface area contributed by atoms with Crippen molar-refractivity contribution in [2.75, 3.05) is 14.2 Å². The van der Waals surface area contributed by atoms with Gasteiger partial charge in [0, 0.05) is 17.5 Å². The van der Waals surface area contributed by atoms with Crippen molar-refractivity contribution in [1.82, 2.24) is 10.2 Å². The topological polar surface area (TPSA) is 67.9 Å². The fraction of sp³-hybridized carbons (Fsp3) is 0.357. The van der Waals surface area contributed by atoms with Crippen LogP contribution in [0.4, 0.5) is 0 Å². The van der Waals surface area contributed by atoms with Gasteiger partial charge >= 0.3 is 0 Å². The van der Waals surface area contributed by atoms with Gasteiger partial charge in [-0.1, -0.05) is 55.3 Å². The number of carbonyl (C=O) groups excluding carboxylic acids is 2. The molecule has 3 aromatic rings. The van der Waals surface area contributed by atoms with Crippen molar-refractivity contribution < 1.29 is 19.1 Å². The molecule has 6 nitrogen and oxygen atoms in total. The zero-order valence-electron chi connectivity index (χ0n) is 20.2. The number of hydrogen-bond acceptors (Lipinski definition) is 5. The molecule has 35 heavy (non-hydrogen) atoms. The van der Waals surface area contributed by atoms with Crippen LogP contribution in [-0.2, 0) is 22.6 Å². The summed E-state index contributed by atoms with van der Waals surface area (Å²) in [5.74, 6) is 0.831. The molecule has 0 unspecified atom stereocenters. The number of ether oxygens (including phenoxy) is 2. The molecule has 4 rings (SSSR count). The Kier molecular flexibility index (Phi) is 8.42. The van der Waals surface area contributed by atoms with Crippen molar-refractivity contribution in [3.63, 3.8) is 0 Å². The van der Waals surface area contributed by atoms with E-state index in [9.17, 15) is 9.59 Å². The standard InChI is InChI=1S/C28H32N2O4S/c1-33-24-15-14-21(17-25(24)34-2)27(28(32)29-22-11-6-7-12-22)30(19-20-9-4-3-5-10-20)26(31)18-23-13-8-16-35-23/h3-5,8-10,13-17,22,27H,6-7,11-12,18-19H2,1-2H3,(H,29,32)/t27-/m1/s1. The van der Waals surface area contributed by atoms with Crippen LogP contribution in [0.5, 0.6) is 11.5 Å². The third-order valence-electron chi connectivity index (χ3n) is 6.41. The van der Waals surface area contributed by atoms with Crippen molar-refractivity contribution >= 4 is 23.2 Å². The summed E-state index contributed by atoms with van der Waals surface area (Å²) in [4.78, 5) is 30.2. The number of rotatable bonds is 10. The molecule has 0 aliphatic heterocycles. The van der Waals surface area contributed by atoms with Crippen LogP contribution >= 0.6 is 11.3 Å². The second-order valence-electron chi connectivity index (χ2n) is 8.77. The van der Waals surface area contributed by atoms with Gasteiger partial charge in [-0.25, -0.2) is 0 Å². The van der Waals surface area contributed by atoms with Crippen molar-refractivity contribution in [3.05, 3.63) is 82.0 Å². The molecule has 1 heterocycles. The lowest BCUT2D eigenvalue weighted by Gasteiger charge is -2.32. The van der Waals surface area contributed by atoms with Gasteiger partial charge in [-0.05, 0) is 47.5 Å². The summed E-state index contributed by atoms with van der Waals surface area (Å²) >= 11 is 1.54. The summed E-state index contributed by atoms with van der Waals surface area (Å²) in [6.07, 6.45) is 4.39. The van der Waals surface area contributed by atoms with Gasteiger partial charge in [0.1, 0.15) is 6.04 Å². The van der Waals surface area contributed by atoms with E-state index in [-0.39, 0.29) is 24.3 Å². The Labute approximate surface area is 210 Å².